The summed E-state index contributed by atoms with van der Waals surface area (Å²) >= 11 is 1.54. The first-order valence-electron chi connectivity index (χ1n) is 7.32. The molecule has 2 aliphatic heterocycles. The quantitative estimate of drug-likeness (QED) is 0.496. The molecular formula is C14H22N4OS. The van der Waals surface area contributed by atoms with Gasteiger partial charge in [0.2, 0.25) is 0 Å². The monoisotopic (exact) mass is 294 g/mol. The minimum Gasteiger partial charge on any atom is -0.298 e. The van der Waals surface area contributed by atoms with Crippen LogP contribution < -0.4 is 11.3 Å². The highest BCUT2D eigenvalue weighted by Gasteiger charge is 2.28. The summed E-state index contributed by atoms with van der Waals surface area (Å²) in [5.74, 6) is 4.97. The summed E-state index contributed by atoms with van der Waals surface area (Å²) in [7, 11) is 0. The number of nitrogens with zero attached hydrogens (tertiary/aromatic N) is 2. The fraction of sp³-hybridized carbons (Fsp3) is 0.643. The van der Waals surface area contributed by atoms with Crippen molar-refractivity contribution in [1.29, 1.82) is 0 Å². The predicted octanol–water partition coefficient (Wildman–Crippen LogP) is 1.02. The second-order valence-corrected chi connectivity index (χ2v) is 6.83. The summed E-state index contributed by atoms with van der Waals surface area (Å²) in [5, 5.41) is 0. The highest BCUT2D eigenvalue weighted by molar-refractivity contribution is 7.14. The Labute approximate surface area is 123 Å². The molecule has 20 heavy (non-hydrogen) atoms. The summed E-state index contributed by atoms with van der Waals surface area (Å²) in [6, 6.07) is 4.64. The Morgan fingerprint density at radius 1 is 1.35 bits per heavy atom. The molecule has 2 aliphatic rings. The minimum absolute atomic E-state index is 0.196. The molecule has 110 valence electrons. The van der Waals surface area contributed by atoms with E-state index in [1.807, 2.05) is 12.1 Å². The first kappa shape index (κ1) is 14.0. The van der Waals surface area contributed by atoms with Crippen LogP contribution in [0.5, 0.6) is 0 Å². The van der Waals surface area contributed by atoms with Gasteiger partial charge in [-0.3, -0.25) is 20.0 Å². The molecule has 3 N–H and O–H groups in total. The van der Waals surface area contributed by atoms with E-state index in [9.17, 15) is 4.79 Å². The Morgan fingerprint density at radius 3 is 3.10 bits per heavy atom. The van der Waals surface area contributed by atoms with E-state index in [0.29, 0.717) is 4.88 Å². The lowest BCUT2D eigenvalue weighted by Crippen LogP contribution is -2.54. The topological polar surface area (TPSA) is 61.6 Å². The minimum atomic E-state index is -0.196. The number of rotatable bonds is 3. The number of nitrogens with two attached hydrogens (primary N) is 1. The largest absolute Gasteiger partial charge is 0.298 e. The van der Waals surface area contributed by atoms with Crippen LogP contribution in [-0.4, -0.2) is 47.9 Å². The molecule has 0 aromatic carbocycles. The first-order chi connectivity index (χ1) is 9.76. The van der Waals surface area contributed by atoms with E-state index < -0.39 is 0 Å². The molecule has 1 amide bonds. The summed E-state index contributed by atoms with van der Waals surface area (Å²) in [6.07, 6.45) is 4.07. The third-order valence-corrected chi connectivity index (χ3v) is 5.39. The molecule has 2 saturated heterocycles. The van der Waals surface area contributed by atoms with E-state index in [1.165, 1.54) is 37.2 Å². The normalized spacial score (nSPS) is 24.4. The summed E-state index contributed by atoms with van der Waals surface area (Å²) in [5.41, 5.74) is 2.19. The van der Waals surface area contributed by atoms with E-state index in [2.05, 4.69) is 15.2 Å². The summed E-state index contributed by atoms with van der Waals surface area (Å²) < 4.78 is 0. The lowest BCUT2D eigenvalue weighted by molar-refractivity contribution is 0.0461. The molecule has 6 heteroatoms. The maximum atomic E-state index is 11.5. The number of fused-ring (bicyclic) bond motifs is 1. The van der Waals surface area contributed by atoms with E-state index in [-0.39, 0.29) is 5.91 Å². The molecule has 2 fully saturated rings. The third kappa shape index (κ3) is 3.03. The average Bonchev–Trinajstić information content (AvgIpc) is 2.95. The van der Waals surface area contributed by atoms with Gasteiger partial charge >= 0.3 is 0 Å². The molecule has 5 nitrogen and oxygen atoms in total. The molecule has 0 saturated carbocycles. The molecule has 3 rings (SSSR count). The van der Waals surface area contributed by atoms with Crippen molar-refractivity contribution in [2.75, 3.05) is 26.2 Å². The molecule has 0 bridgehead atoms. The van der Waals surface area contributed by atoms with Gasteiger partial charge in [-0.15, -0.1) is 11.3 Å². The number of hydrazine groups is 1. The summed E-state index contributed by atoms with van der Waals surface area (Å²) in [4.78, 5) is 18.6. The van der Waals surface area contributed by atoms with Gasteiger partial charge in [-0.1, -0.05) is 6.42 Å². The number of hydrogen-bond donors (Lipinski definition) is 2. The lowest BCUT2D eigenvalue weighted by atomic mass is 9.99. The van der Waals surface area contributed by atoms with Crippen molar-refractivity contribution < 1.29 is 4.79 Å². The Balaban J connectivity index is 1.58. The van der Waals surface area contributed by atoms with Gasteiger partial charge in [0.05, 0.1) is 4.88 Å². The standard InChI is InChI=1S/C14H22N4OS/c15-16-14(19)13-5-4-12(20-13)10-17-7-8-18-6-2-1-3-11(18)9-17/h4-5,11H,1-3,6-10,15H2,(H,16,19). The van der Waals surface area contributed by atoms with Gasteiger partial charge in [-0.25, -0.2) is 5.84 Å². The van der Waals surface area contributed by atoms with Gasteiger partial charge in [-0.05, 0) is 31.5 Å². The van der Waals surface area contributed by atoms with Gasteiger partial charge in [0, 0.05) is 37.1 Å². The predicted molar refractivity (Wildman–Crippen MR) is 80.5 cm³/mol. The molecule has 0 aliphatic carbocycles. The van der Waals surface area contributed by atoms with Gasteiger partial charge in [0.15, 0.2) is 0 Å². The maximum absolute atomic E-state index is 11.5. The molecule has 1 aromatic rings. The van der Waals surface area contributed by atoms with Crippen LogP contribution in [0.2, 0.25) is 0 Å². The van der Waals surface area contributed by atoms with Crippen LogP contribution in [0.4, 0.5) is 0 Å². The highest BCUT2D eigenvalue weighted by Crippen LogP contribution is 2.24. The van der Waals surface area contributed by atoms with E-state index >= 15 is 0 Å². The number of nitrogens with one attached hydrogen (secondary N) is 1. The molecule has 1 unspecified atom stereocenters. The second kappa shape index (κ2) is 6.22. The highest BCUT2D eigenvalue weighted by atomic mass is 32.1. The average molecular weight is 294 g/mol. The van der Waals surface area contributed by atoms with Crippen molar-refractivity contribution in [3.8, 4) is 0 Å². The number of carbonyl (C=O) groups excluding carboxylic acids is 1. The SMILES string of the molecule is NNC(=O)c1ccc(CN2CCN3CCCCC3C2)s1. The van der Waals surface area contributed by atoms with Crippen molar-refractivity contribution in [3.63, 3.8) is 0 Å². The molecule has 3 heterocycles. The molecule has 1 atom stereocenters. The zero-order chi connectivity index (χ0) is 13.9. The fourth-order valence-corrected chi connectivity index (χ4v) is 4.19. The number of piperazine rings is 1. The van der Waals surface area contributed by atoms with Gasteiger partial charge in [0.25, 0.3) is 5.91 Å². The van der Waals surface area contributed by atoms with Crippen molar-refractivity contribution in [2.24, 2.45) is 5.84 Å². The number of hydrogen-bond acceptors (Lipinski definition) is 5. The maximum Gasteiger partial charge on any atom is 0.275 e. The van der Waals surface area contributed by atoms with E-state index in [4.69, 9.17) is 5.84 Å². The van der Waals surface area contributed by atoms with E-state index in [0.717, 1.165) is 25.7 Å². The van der Waals surface area contributed by atoms with Crippen LogP contribution in [-0.2, 0) is 6.54 Å². The van der Waals surface area contributed by atoms with Crippen LogP contribution in [0, 0.1) is 0 Å². The van der Waals surface area contributed by atoms with Crippen molar-refractivity contribution in [1.82, 2.24) is 15.2 Å². The molecular weight excluding hydrogens is 272 g/mol. The second-order valence-electron chi connectivity index (χ2n) is 5.66. The number of carbonyl (C=O) groups is 1. The number of piperidine rings is 1. The zero-order valence-electron chi connectivity index (χ0n) is 11.7. The molecule has 1 aromatic heterocycles. The Kier molecular flexibility index (Phi) is 4.35. The van der Waals surface area contributed by atoms with Crippen LogP contribution >= 0.6 is 11.3 Å². The van der Waals surface area contributed by atoms with Crippen molar-refractivity contribution in [2.45, 2.75) is 31.8 Å². The van der Waals surface area contributed by atoms with E-state index in [1.54, 1.807) is 11.3 Å². The van der Waals surface area contributed by atoms with Gasteiger partial charge in [0.1, 0.15) is 0 Å². The van der Waals surface area contributed by atoms with Gasteiger partial charge in [-0.2, -0.15) is 0 Å². The Hall–Kier alpha value is -0.950. The van der Waals surface area contributed by atoms with Crippen LogP contribution in [0.15, 0.2) is 12.1 Å². The third-order valence-electron chi connectivity index (χ3n) is 4.32. The zero-order valence-corrected chi connectivity index (χ0v) is 12.5. The fourth-order valence-electron chi connectivity index (χ4n) is 3.24. The first-order valence-corrected chi connectivity index (χ1v) is 8.14. The van der Waals surface area contributed by atoms with Crippen LogP contribution in [0.1, 0.15) is 33.8 Å². The van der Waals surface area contributed by atoms with Crippen LogP contribution in [0.25, 0.3) is 0 Å². The van der Waals surface area contributed by atoms with Crippen molar-refractivity contribution in [3.05, 3.63) is 21.9 Å². The number of nitrogen functional groups attached to an aromatic ring is 1. The van der Waals surface area contributed by atoms with Gasteiger partial charge < -0.3 is 0 Å². The lowest BCUT2D eigenvalue weighted by Gasteiger charge is -2.44. The Morgan fingerprint density at radius 2 is 2.25 bits per heavy atom. The number of amides is 1. The van der Waals surface area contributed by atoms with Crippen molar-refractivity contribution >= 4 is 17.2 Å². The van der Waals surface area contributed by atoms with Crippen LogP contribution in [0.3, 0.4) is 0 Å². The summed E-state index contributed by atoms with van der Waals surface area (Å²) in [6.45, 7) is 5.71. The number of thiophene rings is 1. The molecule has 0 radical (unpaired) electrons. The smallest absolute Gasteiger partial charge is 0.275 e. The molecule has 0 spiro atoms. The Bertz CT molecular complexity index is 475.